The maximum Gasteiger partial charge on any atom is 0.191 e. The van der Waals surface area contributed by atoms with E-state index < -0.39 is 0 Å². The molecule has 0 aliphatic carbocycles. The summed E-state index contributed by atoms with van der Waals surface area (Å²) >= 11 is 8.10. The van der Waals surface area contributed by atoms with Crippen LogP contribution in [0.2, 0.25) is 5.02 Å². The number of aromatic nitrogens is 1. The van der Waals surface area contributed by atoms with Crippen LogP contribution in [0.4, 0.5) is 0 Å². The Hall–Kier alpha value is -1.99. The van der Waals surface area contributed by atoms with Crippen molar-refractivity contribution in [3.05, 3.63) is 38.3 Å². The van der Waals surface area contributed by atoms with E-state index in [2.05, 4.69) is 27.5 Å². The van der Waals surface area contributed by atoms with Crippen molar-refractivity contribution in [2.45, 2.75) is 33.2 Å². The zero-order chi connectivity index (χ0) is 19.2. The van der Waals surface area contributed by atoms with Gasteiger partial charge in [0.1, 0.15) is 0 Å². The van der Waals surface area contributed by atoms with Crippen molar-refractivity contribution in [1.82, 2.24) is 15.6 Å². The molecule has 6 nitrogen and oxygen atoms in total. The summed E-state index contributed by atoms with van der Waals surface area (Å²) in [5.41, 5.74) is 2.13. The smallest absolute Gasteiger partial charge is 0.191 e. The number of aryl methyl sites for hydroxylation is 2. The summed E-state index contributed by atoms with van der Waals surface area (Å²) in [5.74, 6) is 2.08. The van der Waals surface area contributed by atoms with E-state index in [1.165, 1.54) is 4.88 Å². The first kappa shape index (κ1) is 19.8. The maximum atomic E-state index is 6.35. The van der Waals surface area contributed by atoms with Crippen LogP contribution in [0, 0.1) is 13.8 Å². The van der Waals surface area contributed by atoms with Crippen molar-refractivity contribution >= 4 is 28.9 Å². The quantitative estimate of drug-likeness (QED) is 0.585. The topological polar surface area (TPSA) is 67.8 Å². The van der Waals surface area contributed by atoms with E-state index in [4.69, 9.17) is 21.1 Å². The molecule has 1 aliphatic heterocycles. The summed E-state index contributed by atoms with van der Waals surface area (Å²) in [7, 11) is 1.76. The van der Waals surface area contributed by atoms with Crippen LogP contribution in [0.5, 0.6) is 11.5 Å². The Balaban J connectivity index is 1.53. The van der Waals surface area contributed by atoms with Gasteiger partial charge in [0.15, 0.2) is 17.5 Å². The van der Waals surface area contributed by atoms with E-state index in [0.717, 1.165) is 41.6 Å². The second-order valence-corrected chi connectivity index (χ2v) is 8.00. The third kappa shape index (κ3) is 5.26. The number of aliphatic imine (C=N–C) groups is 1. The fourth-order valence-corrected chi connectivity index (χ4v) is 3.95. The number of thiazole rings is 1. The van der Waals surface area contributed by atoms with Gasteiger partial charge in [-0.25, -0.2) is 4.98 Å². The standard InChI is InChI=1S/C19H25ClN4O2S/c1-12-13(2)27-17(24-12)5-6-22-19(21-3)23-11-14-9-15(20)18-16(10-14)25-7-4-8-26-18/h9-10H,4-8,11H2,1-3H3,(H2,21,22,23). The van der Waals surface area contributed by atoms with Crippen LogP contribution in [-0.4, -0.2) is 37.7 Å². The minimum atomic E-state index is 0.573. The molecule has 0 fully saturated rings. The lowest BCUT2D eigenvalue weighted by atomic mass is 10.2. The predicted octanol–water partition coefficient (Wildman–Crippen LogP) is 3.48. The number of nitrogens with zero attached hydrogens (tertiary/aromatic N) is 2. The Labute approximate surface area is 169 Å². The van der Waals surface area contributed by atoms with Gasteiger partial charge in [-0.2, -0.15) is 0 Å². The van der Waals surface area contributed by atoms with Crippen LogP contribution < -0.4 is 20.1 Å². The summed E-state index contributed by atoms with van der Waals surface area (Å²) in [5, 5.41) is 8.34. The molecule has 2 N–H and O–H groups in total. The molecule has 3 rings (SSSR count). The average molecular weight is 409 g/mol. The highest BCUT2D eigenvalue weighted by Crippen LogP contribution is 2.37. The van der Waals surface area contributed by atoms with Crippen LogP contribution in [-0.2, 0) is 13.0 Å². The van der Waals surface area contributed by atoms with Gasteiger partial charge in [-0.1, -0.05) is 11.6 Å². The number of halogens is 1. The summed E-state index contributed by atoms with van der Waals surface area (Å²) < 4.78 is 11.4. The molecular formula is C19H25ClN4O2S. The van der Waals surface area contributed by atoms with E-state index in [-0.39, 0.29) is 0 Å². The number of fused-ring (bicyclic) bond motifs is 1. The van der Waals surface area contributed by atoms with Gasteiger partial charge < -0.3 is 20.1 Å². The molecule has 0 saturated carbocycles. The molecule has 2 aromatic rings. The lowest BCUT2D eigenvalue weighted by molar-refractivity contribution is 0.297. The molecule has 1 aliphatic rings. The Morgan fingerprint density at radius 1 is 1.26 bits per heavy atom. The Bertz CT molecular complexity index is 803. The molecular weight excluding hydrogens is 384 g/mol. The molecule has 0 radical (unpaired) electrons. The fraction of sp³-hybridized carbons (Fsp3) is 0.474. The second-order valence-electron chi connectivity index (χ2n) is 6.31. The first-order valence-electron chi connectivity index (χ1n) is 9.02. The van der Waals surface area contributed by atoms with E-state index >= 15 is 0 Å². The van der Waals surface area contributed by atoms with Crippen LogP contribution in [0.15, 0.2) is 17.1 Å². The Morgan fingerprint density at radius 2 is 2.07 bits per heavy atom. The van der Waals surface area contributed by atoms with E-state index in [9.17, 15) is 0 Å². The molecule has 0 bridgehead atoms. The first-order valence-corrected chi connectivity index (χ1v) is 10.2. The van der Waals surface area contributed by atoms with E-state index in [1.54, 1.807) is 18.4 Å². The highest BCUT2D eigenvalue weighted by molar-refractivity contribution is 7.11. The molecule has 8 heteroatoms. The van der Waals surface area contributed by atoms with Crippen molar-refractivity contribution in [3.63, 3.8) is 0 Å². The number of ether oxygens (including phenoxy) is 2. The van der Waals surface area contributed by atoms with Crippen molar-refractivity contribution < 1.29 is 9.47 Å². The van der Waals surface area contributed by atoms with Gasteiger partial charge in [-0.15, -0.1) is 11.3 Å². The number of nitrogens with one attached hydrogen (secondary N) is 2. The summed E-state index contributed by atoms with van der Waals surface area (Å²) in [6, 6.07) is 3.87. The first-order chi connectivity index (χ1) is 13.1. The highest BCUT2D eigenvalue weighted by atomic mass is 35.5. The zero-order valence-electron chi connectivity index (χ0n) is 15.9. The van der Waals surface area contributed by atoms with Gasteiger partial charge in [-0.3, -0.25) is 4.99 Å². The fourth-order valence-electron chi connectivity index (χ4n) is 2.73. The zero-order valence-corrected chi connectivity index (χ0v) is 17.5. The summed E-state index contributed by atoms with van der Waals surface area (Å²) in [6.45, 7) is 6.77. The molecule has 0 atom stereocenters. The van der Waals surface area contributed by atoms with Crippen LogP contribution in [0.1, 0.15) is 27.6 Å². The third-order valence-electron chi connectivity index (χ3n) is 4.25. The van der Waals surface area contributed by atoms with Crippen LogP contribution in [0.25, 0.3) is 0 Å². The van der Waals surface area contributed by atoms with Gasteiger partial charge in [0.2, 0.25) is 0 Å². The molecule has 0 amide bonds. The van der Waals surface area contributed by atoms with Gasteiger partial charge in [0.25, 0.3) is 0 Å². The molecule has 0 spiro atoms. The number of guanidine groups is 1. The van der Waals surface area contributed by atoms with Crippen molar-refractivity contribution in [3.8, 4) is 11.5 Å². The van der Waals surface area contributed by atoms with Crippen LogP contribution >= 0.6 is 22.9 Å². The number of rotatable bonds is 5. The maximum absolute atomic E-state index is 6.35. The predicted molar refractivity (Wildman–Crippen MR) is 111 cm³/mol. The van der Waals surface area contributed by atoms with Crippen molar-refractivity contribution in [2.24, 2.45) is 4.99 Å². The average Bonchev–Trinajstić information content (AvgIpc) is 2.84. The molecule has 0 unspecified atom stereocenters. The number of hydrogen-bond donors (Lipinski definition) is 2. The summed E-state index contributed by atoms with van der Waals surface area (Å²) in [6.07, 6.45) is 1.73. The lowest BCUT2D eigenvalue weighted by Gasteiger charge is -2.14. The molecule has 2 heterocycles. The van der Waals surface area contributed by atoms with Gasteiger partial charge in [0, 0.05) is 37.9 Å². The molecule has 27 heavy (non-hydrogen) atoms. The monoisotopic (exact) mass is 408 g/mol. The van der Waals surface area contributed by atoms with Crippen LogP contribution in [0.3, 0.4) is 0 Å². The third-order valence-corrected chi connectivity index (χ3v) is 5.66. The minimum absolute atomic E-state index is 0.573. The Kier molecular flexibility index (Phi) is 6.79. The van der Waals surface area contributed by atoms with Gasteiger partial charge >= 0.3 is 0 Å². The SMILES string of the molecule is CN=C(NCCc1nc(C)c(C)s1)NCc1cc(Cl)c2c(c1)OCCCO2. The van der Waals surface area contributed by atoms with Gasteiger partial charge in [-0.05, 0) is 31.5 Å². The van der Waals surface area contributed by atoms with Gasteiger partial charge in [0.05, 0.1) is 28.9 Å². The normalized spacial score (nSPS) is 14.0. The van der Waals surface area contributed by atoms with E-state index in [1.807, 2.05) is 19.1 Å². The molecule has 1 aromatic carbocycles. The van der Waals surface area contributed by atoms with Crippen molar-refractivity contribution in [1.29, 1.82) is 0 Å². The molecule has 146 valence electrons. The molecule has 0 saturated heterocycles. The van der Waals surface area contributed by atoms with E-state index in [0.29, 0.717) is 36.3 Å². The van der Waals surface area contributed by atoms with Crippen molar-refractivity contribution in [2.75, 3.05) is 26.8 Å². The Morgan fingerprint density at radius 3 is 2.81 bits per heavy atom. The second kappa shape index (κ2) is 9.28. The molecule has 1 aromatic heterocycles. The summed E-state index contributed by atoms with van der Waals surface area (Å²) in [4.78, 5) is 10.1. The minimum Gasteiger partial charge on any atom is -0.489 e. The number of benzene rings is 1. The number of hydrogen-bond acceptors (Lipinski definition) is 5. The largest absolute Gasteiger partial charge is 0.489 e. The highest BCUT2D eigenvalue weighted by Gasteiger charge is 2.15. The lowest BCUT2D eigenvalue weighted by Crippen LogP contribution is -2.37.